The van der Waals surface area contributed by atoms with Gasteiger partial charge < -0.3 is 15.7 Å². The molecule has 1 aromatic carbocycles. The molecular weight excluding hydrogens is 216 g/mol. The second-order valence-electron chi connectivity index (χ2n) is 4.75. The van der Waals surface area contributed by atoms with Crippen LogP contribution < -0.4 is 5.73 Å². The van der Waals surface area contributed by atoms with E-state index in [1.54, 1.807) is 17.0 Å². The van der Waals surface area contributed by atoms with Gasteiger partial charge in [-0.2, -0.15) is 0 Å². The van der Waals surface area contributed by atoms with Crippen molar-refractivity contribution in [1.82, 2.24) is 4.90 Å². The van der Waals surface area contributed by atoms with Crippen LogP contribution >= 0.6 is 0 Å². The van der Waals surface area contributed by atoms with Crippen molar-refractivity contribution < 1.29 is 9.90 Å². The molecule has 0 aliphatic carbocycles. The zero-order chi connectivity index (χ0) is 12.5. The van der Waals surface area contributed by atoms with E-state index in [0.29, 0.717) is 31.6 Å². The first-order valence-corrected chi connectivity index (χ1v) is 5.87. The lowest BCUT2D eigenvalue weighted by Gasteiger charge is -2.46. The lowest BCUT2D eigenvalue weighted by Crippen LogP contribution is -2.63. The SMILES string of the molecule is CCC1(O)CN(C(=O)Cc2ccc(N)cc2)C1. The molecule has 0 saturated carbocycles. The maximum Gasteiger partial charge on any atom is 0.227 e. The highest BCUT2D eigenvalue weighted by Gasteiger charge is 2.41. The highest BCUT2D eigenvalue weighted by Crippen LogP contribution is 2.24. The smallest absolute Gasteiger partial charge is 0.227 e. The van der Waals surface area contributed by atoms with Crippen molar-refractivity contribution in [3.8, 4) is 0 Å². The minimum absolute atomic E-state index is 0.0629. The third-order valence-corrected chi connectivity index (χ3v) is 3.32. The minimum Gasteiger partial charge on any atom is -0.399 e. The summed E-state index contributed by atoms with van der Waals surface area (Å²) in [5.74, 6) is 0.0629. The molecule has 1 fully saturated rings. The van der Waals surface area contributed by atoms with E-state index in [2.05, 4.69) is 0 Å². The number of nitrogens with zero attached hydrogens (tertiary/aromatic N) is 1. The number of carbonyl (C=O) groups excluding carboxylic acids is 1. The molecule has 3 N–H and O–H groups in total. The third-order valence-electron chi connectivity index (χ3n) is 3.32. The van der Waals surface area contributed by atoms with E-state index in [9.17, 15) is 9.90 Å². The zero-order valence-corrected chi connectivity index (χ0v) is 10.0. The molecule has 2 rings (SSSR count). The zero-order valence-electron chi connectivity index (χ0n) is 10.0. The molecule has 0 unspecified atom stereocenters. The molecule has 0 spiro atoms. The van der Waals surface area contributed by atoms with Gasteiger partial charge in [0.25, 0.3) is 0 Å². The normalized spacial score (nSPS) is 17.6. The maximum atomic E-state index is 11.9. The number of likely N-dealkylation sites (tertiary alicyclic amines) is 1. The summed E-state index contributed by atoms with van der Waals surface area (Å²) in [6.45, 7) is 2.84. The van der Waals surface area contributed by atoms with Crippen LogP contribution in [0.25, 0.3) is 0 Å². The summed E-state index contributed by atoms with van der Waals surface area (Å²) in [4.78, 5) is 13.6. The number of benzene rings is 1. The third kappa shape index (κ3) is 2.58. The van der Waals surface area contributed by atoms with Crippen molar-refractivity contribution in [1.29, 1.82) is 0 Å². The lowest BCUT2D eigenvalue weighted by molar-refractivity contribution is -0.155. The predicted octanol–water partition coefficient (Wildman–Crippen LogP) is 0.795. The van der Waals surface area contributed by atoms with E-state index in [1.807, 2.05) is 19.1 Å². The number of hydrogen-bond acceptors (Lipinski definition) is 3. The van der Waals surface area contributed by atoms with Crippen molar-refractivity contribution >= 4 is 11.6 Å². The molecule has 0 radical (unpaired) electrons. The van der Waals surface area contributed by atoms with Crippen LogP contribution in [0, 0.1) is 0 Å². The van der Waals surface area contributed by atoms with Crippen molar-refractivity contribution in [2.75, 3.05) is 18.8 Å². The Morgan fingerprint density at radius 1 is 1.41 bits per heavy atom. The Morgan fingerprint density at radius 2 is 2.00 bits per heavy atom. The Kier molecular flexibility index (Phi) is 3.07. The molecule has 0 bridgehead atoms. The van der Waals surface area contributed by atoms with Crippen LogP contribution in [0.3, 0.4) is 0 Å². The van der Waals surface area contributed by atoms with Gasteiger partial charge in [-0.3, -0.25) is 4.79 Å². The first kappa shape index (κ1) is 11.9. The molecule has 4 heteroatoms. The minimum atomic E-state index is -0.656. The van der Waals surface area contributed by atoms with Crippen LogP contribution in [0.4, 0.5) is 5.69 Å². The first-order valence-electron chi connectivity index (χ1n) is 5.87. The molecule has 0 aromatic heterocycles. The summed E-state index contributed by atoms with van der Waals surface area (Å²) >= 11 is 0. The summed E-state index contributed by atoms with van der Waals surface area (Å²) in [6, 6.07) is 7.31. The molecule has 1 saturated heterocycles. The second kappa shape index (κ2) is 4.37. The second-order valence-corrected chi connectivity index (χ2v) is 4.75. The molecule has 1 aromatic rings. The summed E-state index contributed by atoms with van der Waals surface area (Å²) in [7, 11) is 0. The van der Waals surface area contributed by atoms with E-state index in [1.165, 1.54) is 0 Å². The van der Waals surface area contributed by atoms with E-state index in [4.69, 9.17) is 5.73 Å². The fourth-order valence-electron chi connectivity index (χ4n) is 1.99. The number of anilines is 1. The van der Waals surface area contributed by atoms with E-state index < -0.39 is 5.60 Å². The standard InChI is InChI=1S/C13H18N2O2/c1-2-13(17)8-15(9-13)12(16)7-10-3-5-11(14)6-4-10/h3-6,17H,2,7-9,14H2,1H3. The summed E-state index contributed by atoms with van der Waals surface area (Å²) in [6.07, 6.45) is 1.07. The lowest BCUT2D eigenvalue weighted by atomic mass is 9.91. The molecule has 1 heterocycles. The average Bonchev–Trinajstić information content (AvgIpc) is 2.28. The Bertz CT molecular complexity index is 408. The highest BCUT2D eigenvalue weighted by molar-refractivity contribution is 5.80. The van der Waals surface area contributed by atoms with Crippen LogP contribution in [0.15, 0.2) is 24.3 Å². The van der Waals surface area contributed by atoms with E-state index in [0.717, 1.165) is 5.56 Å². The van der Waals surface area contributed by atoms with Gasteiger partial charge in [0, 0.05) is 5.69 Å². The van der Waals surface area contributed by atoms with Crippen molar-refractivity contribution in [2.45, 2.75) is 25.4 Å². The van der Waals surface area contributed by atoms with Crippen LogP contribution in [0.2, 0.25) is 0 Å². The maximum absolute atomic E-state index is 11.9. The quantitative estimate of drug-likeness (QED) is 0.760. The van der Waals surface area contributed by atoms with Gasteiger partial charge in [-0.05, 0) is 24.1 Å². The highest BCUT2D eigenvalue weighted by atomic mass is 16.3. The average molecular weight is 234 g/mol. The summed E-state index contributed by atoms with van der Waals surface area (Å²) < 4.78 is 0. The van der Waals surface area contributed by atoms with Crippen LogP contribution in [-0.2, 0) is 11.2 Å². The molecule has 1 aliphatic rings. The molecule has 92 valence electrons. The largest absolute Gasteiger partial charge is 0.399 e. The number of rotatable bonds is 3. The fraction of sp³-hybridized carbons (Fsp3) is 0.462. The van der Waals surface area contributed by atoms with Gasteiger partial charge in [0.2, 0.25) is 5.91 Å². The number of nitrogen functional groups attached to an aromatic ring is 1. The van der Waals surface area contributed by atoms with Crippen molar-refractivity contribution in [2.24, 2.45) is 0 Å². The van der Waals surface area contributed by atoms with Gasteiger partial charge in [-0.1, -0.05) is 19.1 Å². The monoisotopic (exact) mass is 234 g/mol. The van der Waals surface area contributed by atoms with Crippen LogP contribution in [-0.4, -0.2) is 34.6 Å². The van der Waals surface area contributed by atoms with Crippen molar-refractivity contribution in [3.63, 3.8) is 0 Å². The fourth-order valence-corrected chi connectivity index (χ4v) is 1.99. The van der Waals surface area contributed by atoms with Gasteiger partial charge in [0.15, 0.2) is 0 Å². The van der Waals surface area contributed by atoms with Crippen LogP contribution in [0.5, 0.6) is 0 Å². The Balaban J connectivity index is 1.89. The Hall–Kier alpha value is -1.55. The van der Waals surface area contributed by atoms with E-state index in [-0.39, 0.29) is 5.91 Å². The van der Waals surface area contributed by atoms with Crippen LogP contribution in [0.1, 0.15) is 18.9 Å². The number of amides is 1. The first-order chi connectivity index (χ1) is 8.02. The van der Waals surface area contributed by atoms with Gasteiger partial charge in [0.1, 0.15) is 0 Å². The van der Waals surface area contributed by atoms with Gasteiger partial charge in [0.05, 0.1) is 25.1 Å². The van der Waals surface area contributed by atoms with Crippen molar-refractivity contribution in [3.05, 3.63) is 29.8 Å². The molecule has 1 amide bonds. The Labute approximate surface area is 101 Å². The van der Waals surface area contributed by atoms with E-state index >= 15 is 0 Å². The molecule has 4 nitrogen and oxygen atoms in total. The number of hydrogen-bond donors (Lipinski definition) is 2. The van der Waals surface area contributed by atoms with Gasteiger partial charge in [-0.15, -0.1) is 0 Å². The molecule has 0 atom stereocenters. The molecular formula is C13H18N2O2. The van der Waals surface area contributed by atoms with Gasteiger partial charge in [-0.25, -0.2) is 0 Å². The number of aliphatic hydroxyl groups is 1. The topological polar surface area (TPSA) is 66.6 Å². The number of carbonyl (C=O) groups is 1. The Morgan fingerprint density at radius 3 is 2.53 bits per heavy atom. The van der Waals surface area contributed by atoms with Gasteiger partial charge >= 0.3 is 0 Å². The number of nitrogens with two attached hydrogens (primary N) is 1. The summed E-state index contributed by atoms with van der Waals surface area (Å²) in [5.41, 5.74) is 6.58. The number of β-amino-alcohol motifs (C(OH)–C–C–N with tert-alkyl or cyclic N) is 1. The molecule has 1 aliphatic heterocycles. The predicted molar refractivity (Wildman–Crippen MR) is 66.4 cm³/mol. The molecule has 17 heavy (non-hydrogen) atoms. The summed E-state index contributed by atoms with van der Waals surface area (Å²) in [5, 5.41) is 9.83.